The molecule has 0 N–H and O–H groups in total. The first-order chi connectivity index (χ1) is 11.2. The van der Waals surface area contributed by atoms with Crippen LogP contribution in [0.3, 0.4) is 0 Å². The van der Waals surface area contributed by atoms with E-state index in [0.29, 0.717) is 12.6 Å². The van der Waals surface area contributed by atoms with E-state index in [9.17, 15) is 4.79 Å². The van der Waals surface area contributed by atoms with Gasteiger partial charge in [0.2, 0.25) is 0 Å². The fourth-order valence-corrected chi connectivity index (χ4v) is 5.23. The highest BCUT2D eigenvalue weighted by molar-refractivity contribution is 7.09. The Morgan fingerprint density at radius 2 is 2.09 bits per heavy atom. The maximum absolute atomic E-state index is 12.4. The lowest BCUT2D eigenvalue weighted by Crippen LogP contribution is -2.48. The molecule has 3 heterocycles. The van der Waals surface area contributed by atoms with Crippen LogP contribution in [0.1, 0.15) is 36.8 Å². The van der Waals surface area contributed by atoms with Gasteiger partial charge >= 0.3 is 4.87 Å². The van der Waals surface area contributed by atoms with Crippen molar-refractivity contribution in [1.29, 1.82) is 0 Å². The Kier molecular flexibility index (Phi) is 4.58. The van der Waals surface area contributed by atoms with Gasteiger partial charge in [-0.15, -0.1) is 0 Å². The van der Waals surface area contributed by atoms with E-state index in [-0.39, 0.29) is 17.1 Å². The monoisotopic (exact) mass is 338 g/mol. The fraction of sp³-hybridized carbons (Fsp3) is 0.824. The van der Waals surface area contributed by atoms with Gasteiger partial charge in [0.15, 0.2) is 0 Å². The molecule has 0 amide bonds. The third-order valence-electron chi connectivity index (χ3n) is 5.38. The number of ether oxygens (including phenoxy) is 2. The first-order valence-electron chi connectivity index (χ1n) is 8.87. The third kappa shape index (κ3) is 3.27. The number of hydrogen-bond acceptors (Lipinski definition) is 5. The molecule has 1 aromatic heterocycles. The summed E-state index contributed by atoms with van der Waals surface area (Å²) >= 11 is 1.46. The molecule has 0 saturated carbocycles. The molecule has 5 nitrogen and oxygen atoms in total. The van der Waals surface area contributed by atoms with Crippen molar-refractivity contribution in [1.82, 2.24) is 9.47 Å². The van der Waals surface area contributed by atoms with Gasteiger partial charge in [-0.3, -0.25) is 14.3 Å². The molecule has 128 valence electrons. The summed E-state index contributed by atoms with van der Waals surface area (Å²) in [5.41, 5.74) is 1.29. The topological polar surface area (TPSA) is 43.7 Å². The van der Waals surface area contributed by atoms with Crippen LogP contribution in [-0.2, 0) is 29.0 Å². The molecule has 0 aromatic carbocycles. The van der Waals surface area contributed by atoms with E-state index in [0.717, 1.165) is 52.0 Å². The van der Waals surface area contributed by atoms with Crippen LogP contribution in [-0.4, -0.2) is 48.0 Å². The molecule has 0 spiro atoms. The average molecular weight is 338 g/mol. The summed E-state index contributed by atoms with van der Waals surface area (Å²) in [4.78, 5) is 16.3. The van der Waals surface area contributed by atoms with Crippen molar-refractivity contribution < 1.29 is 9.47 Å². The molecule has 23 heavy (non-hydrogen) atoms. The van der Waals surface area contributed by atoms with Gasteiger partial charge in [0.05, 0.1) is 25.5 Å². The Morgan fingerprint density at radius 1 is 1.22 bits per heavy atom. The van der Waals surface area contributed by atoms with Gasteiger partial charge in [-0.05, 0) is 38.0 Å². The second-order valence-electron chi connectivity index (χ2n) is 7.19. The molecule has 1 aliphatic carbocycles. The maximum Gasteiger partial charge on any atom is 0.308 e. The minimum absolute atomic E-state index is 0.163. The van der Waals surface area contributed by atoms with Crippen LogP contribution in [0.25, 0.3) is 0 Å². The molecule has 2 aliphatic heterocycles. The van der Waals surface area contributed by atoms with E-state index in [1.165, 1.54) is 28.3 Å². The van der Waals surface area contributed by atoms with Crippen molar-refractivity contribution in [3.8, 4) is 0 Å². The van der Waals surface area contributed by atoms with Crippen LogP contribution in [0.4, 0.5) is 0 Å². The van der Waals surface area contributed by atoms with Crippen LogP contribution < -0.4 is 4.87 Å². The van der Waals surface area contributed by atoms with Gasteiger partial charge in [-0.25, -0.2) is 0 Å². The van der Waals surface area contributed by atoms with Crippen molar-refractivity contribution in [3.05, 3.63) is 20.2 Å². The highest BCUT2D eigenvalue weighted by Crippen LogP contribution is 2.28. The van der Waals surface area contributed by atoms with E-state index < -0.39 is 0 Å². The van der Waals surface area contributed by atoms with Crippen molar-refractivity contribution in [2.45, 2.75) is 57.9 Å². The molecular weight excluding hydrogens is 312 g/mol. The number of fused-ring (bicyclic) bond motifs is 1. The van der Waals surface area contributed by atoms with Crippen LogP contribution in [0.5, 0.6) is 0 Å². The van der Waals surface area contributed by atoms with Gasteiger partial charge < -0.3 is 9.47 Å². The standard InChI is InChI=1S/C17H26N2O3S/c1-12-4-5-13-16(9-12)23-17(20)19(13)11-18-6-8-22-15(10-18)14-3-2-7-21-14/h12,14-15H,2-11H2,1H3/t12-,14+,15+/m1/s1. The molecule has 2 fully saturated rings. The van der Waals surface area contributed by atoms with E-state index in [1.807, 2.05) is 4.57 Å². The molecule has 0 bridgehead atoms. The third-order valence-corrected chi connectivity index (χ3v) is 6.43. The molecule has 1 aromatic rings. The molecule has 6 heteroatoms. The highest BCUT2D eigenvalue weighted by Gasteiger charge is 2.32. The first kappa shape index (κ1) is 15.8. The van der Waals surface area contributed by atoms with Crippen molar-refractivity contribution in [2.24, 2.45) is 5.92 Å². The summed E-state index contributed by atoms with van der Waals surface area (Å²) in [6, 6.07) is 0. The second kappa shape index (κ2) is 6.67. The van der Waals surface area contributed by atoms with Gasteiger partial charge in [-0.2, -0.15) is 0 Å². The largest absolute Gasteiger partial charge is 0.375 e. The molecule has 4 rings (SSSR count). The average Bonchev–Trinajstić information content (AvgIpc) is 3.17. The zero-order valence-corrected chi connectivity index (χ0v) is 14.6. The first-order valence-corrected chi connectivity index (χ1v) is 9.69. The number of rotatable bonds is 3. The molecule has 2 saturated heterocycles. The summed E-state index contributed by atoms with van der Waals surface area (Å²) in [6.07, 6.45) is 5.97. The lowest BCUT2D eigenvalue weighted by Gasteiger charge is -2.35. The minimum atomic E-state index is 0.163. The quantitative estimate of drug-likeness (QED) is 0.844. The number of morpholine rings is 1. The van der Waals surface area contributed by atoms with Crippen LogP contribution >= 0.6 is 11.3 Å². The molecule has 0 radical (unpaired) electrons. The summed E-state index contributed by atoms with van der Waals surface area (Å²) in [7, 11) is 0. The lowest BCUT2D eigenvalue weighted by atomic mass is 9.93. The molecule has 0 unspecified atom stereocenters. The van der Waals surface area contributed by atoms with Crippen molar-refractivity contribution >= 4 is 11.3 Å². The van der Waals surface area contributed by atoms with E-state index in [2.05, 4.69) is 11.8 Å². The summed E-state index contributed by atoms with van der Waals surface area (Å²) in [5, 5.41) is 0. The minimum Gasteiger partial charge on any atom is -0.375 e. The highest BCUT2D eigenvalue weighted by atomic mass is 32.1. The number of hydrogen-bond donors (Lipinski definition) is 0. The van der Waals surface area contributed by atoms with Crippen LogP contribution in [0.2, 0.25) is 0 Å². The fourth-order valence-electron chi connectivity index (χ4n) is 4.04. The number of nitrogens with zero attached hydrogens (tertiary/aromatic N) is 2. The van der Waals surface area contributed by atoms with Gasteiger partial charge in [0.1, 0.15) is 0 Å². The number of thiazole rings is 1. The van der Waals surface area contributed by atoms with Gasteiger partial charge in [0.25, 0.3) is 0 Å². The zero-order valence-electron chi connectivity index (χ0n) is 13.8. The van der Waals surface area contributed by atoms with Crippen molar-refractivity contribution in [2.75, 3.05) is 26.3 Å². The Bertz CT molecular complexity index is 605. The van der Waals surface area contributed by atoms with Crippen LogP contribution in [0, 0.1) is 5.92 Å². The van der Waals surface area contributed by atoms with Gasteiger partial charge in [-0.1, -0.05) is 18.3 Å². The molecule has 3 atom stereocenters. The summed E-state index contributed by atoms with van der Waals surface area (Å²) in [6.45, 7) is 6.37. The lowest BCUT2D eigenvalue weighted by molar-refractivity contribution is -0.100. The number of aromatic nitrogens is 1. The maximum atomic E-state index is 12.4. The summed E-state index contributed by atoms with van der Waals surface area (Å²) in [5.74, 6) is 0.710. The van der Waals surface area contributed by atoms with Gasteiger partial charge in [0, 0.05) is 30.3 Å². The Labute approximate surface area is 141 Å². The van der Waals surface area contributed by atoms with E-state index in [1.54, 1.807) is 0 Å². The molecular formula is C17H26N2O3S. The SMILES string of the molecule is C[C@@H]1CCc2c(sc(=O)n2CN2CCO[C@H]([C@@H]3CCCO3)C2)C1. The Balaban J connectivity index is 1.46. The molecule has 3 aliphatic rings. The van der Waals surface area contributed by atoms with E-state index >= 15 is 0 Å². The Hall–Kier alpha value is -0.690. The van der Waals surface area contributed by atoms with Crippen LogP contribution in [0.15, 0.2) is 4.79 Å². The second-order valence-corrected chi connectivity index (χ2v) is 8.24. The summed E-state index contributed by atoms with van der Waals surface area (Å²) < 4.78 is 13.7. The Morgan fingerprint density at radius 3 is 2.91 bits per heavy atom. The normalized spacial score (nSPS) is 32.1. The van der Waals surface area contributed by atoms with Crippen molar-refractivity contribution in [3.63, 3.8) is 0 Å². The van der Waals surface area contributed by atoms with E-state index in [4.69, 9.17) is 9.47 Å². The predicted octanol–water partition coefficient (Wildman–Crippen LogP) is 1.87. The smallest absolute Gasteiger partial charge is 0.308 e. The zero-order chi connectivity index (χ0) is 15.8. The predicted molar refractivity (Wildman–Crippen MR) is 90.1 cm³/mol.